The van der Waals surface area contributed by atoms with E-state index in [0.29, 0.717) is 13.1 Å². The number of hydrogen-bond acceptors (Lipinski definition) is 5. The number of anilines is 1. The molecule has 0 aromatic heterocycles. The van der Waals surface area contributed by atoms with E-state index < -0.39 is 5.82 Å². The monoisotopic (exact) mass is 446 g/mol. The molecule has 1 N–H and O–H groups in total. The molecule has 1 saturated heterocycles. The molecule has 0 unspecified atom stereocenters. The molecule has 3 atom stereocenters. The molecule has 3 aliphatic rings. The number of carbonyl (C=O) groups excluding carboxylic acids is 1. The lowest BCUT2D eigenvalue weighted by Gasteiger charge is -2.59. The summed E-state index contributed by atoms with van der Waals surface area (Å²) >= 11 is 0. The standard InChI is InChI=1S/C26H23FN2O4/c27-19-7-3-1-5-17(19)26(31)29-13-21-25(18-6-2-4-8-20(18)29)22(14-30)28(21)12-16-9-10-23-24(11-16)33-15-32-23/h1-11,21-22,25,30H,12-15H2/t21-,22+,25+/m1/s1. The van der Waals surface area contributed by atoms with Crippen LogP contribution in [0.2, 0.25) is 0 Å². The fourth-order valence-electron chi connectivity index (χ4n) is 5.42. The van der Waals surface area contributed by atoms with Crippen LogP contribution in [0.5, 0.6) is 11.5 Å². The van der Waals surface area contributed by atoms with Crippen molar-refractivity contribution in [3.05, 3.63) is 89.2 Å². The first-order valence-corrected chi connectivity index (χ1v) is 11.1. The van der Waals surface area contributed by atoms with Gasteiger partial charge in [0, 0.05) is 36.8 Å². The predicted molar refractivity (Wildman–Crippen MR) is 120 cm³/mol. The average Bonchev–Trinajstić information content (AvgIpc) is 3.30. The Balaban J connectivity index is 1.34. The number of rotatable bonds is 4. The minimum atomic E-state index is -0.527. The number of hydrogen-bond donors (Lipinski definition) is 1. The summed E-state index contributed by atoms with van der Waals surface area (Å²) in [5.41, 5.74) is 2.90. The van der Waals surface area contributed by atoms with Gasteiger partial charge in [-0.1, -0.05) is 36.4 Å². The van der Waals surface area contributed by atoms with Gasteiger partial charge in [0.2, 0.25) is 6.79 Å². The van der Waals surface area contributed by atoms with E-state index in [1.165, 1.54) is 12.1 Å². The van der Waals surface area contributed by atoms with Crippen LogP contribution in [0.1, 0.15) is 27.4 Å². The molecule has 1 amide bonds. The van der Waals surface area contributed by atoms with Gasteiger partial charge >= 0.3 is 0 Å². The summed E-state index contributed by atoms with van der Waals surface area (Å²) in [6, 6.07) is 19.6. The summed E-state index contributed by atoms with van der Waals surface area (Å²) in [6.07, 6.45) is 0. The van der Waals surface area contributed by atoms with E-state index in [1.807, 2.05) is 42.5 Å². The van der Waals surface area contributed by atoms with Crippen molar-refractivity contribution in [3.8, 4) is 11.5 Å². The van der Waals surface area contributed by atoms with E-state index >= 15 is 0 Å². The van der Waals surface area contributed by atoms with Gasteiger partial charge in [-0.25, -0.2) is 4.39 Å². The van der Waals surface area contributed by atoms with Crippen LogP contribution in [0.25, 0.3) is 0 Å². The average molecular weight is 446 g/mol. The zero-order valence-electron chi connectivity index (χ0n) is 17.9. The van der Waals surface area contributed by atoms with E-state index in [-0.39, 0.29) is 42.9 Å². The molecule has 168 valence electrons. The largest absolute Gasteiger partial charge is 0.454 e. The van der Waals surface area contributed by atoms with Gasteiger partial charge in [-0.3, -0.25) is 9.69 Å². The number of aliphatic hydroxyl groups is 1. The van der Waals surface area contributed by atoms with Crippen LogP contribution in [0.15, 0.2) is 66.7 Å². The predicted octanol–water partition coefficient (Wildman–Crippen LogP) is 3.54. The Morgan fingerprint density at radius 1 is 1.03 bits per heavy atom. The molecule has 6 rings (SSSR count). The van der Waals surface area contributed by atoms with Gasteiger partial charge in [0.1, 0.15) is 5.82 Å². The van der Waals surface area contributed by atoms with Crippen molar-refractivity contribution in [2.45, 2.75) is 24.5 Å². The Labute approximate surface area is 190 Å². The highest BCUT2D eigenvalue weighted by Gasteiger charge is 2.53. The van der Waals surface area contributed by atoms with Gasteiger partial charge in [0.05, 0.1) is 12.2 Å². The summed E-state index contributed by atoms with van der Waals surface area (Å²) < 4.78 is 25.4. The lowest BCUT2D eigenvalue weighted by molar-refractivity contribution is -0.0488. The maximum Gasteiger partial charge on any atom is 0.261 e. The molecule has 0 saturated carbocycles. The van der Waals surface area contributed by atoms with Crippen LogP contribution in [-0.2, 0) is 6.54 Å². The molecule has 7 heteroatoms. The smallest absolute Gasteiger partial charge is 0.261 e. The molecule has 0 bridgehead atoms. The number of aliphatic hydroxyl groups excluding tert-OH is 1. The molecule has 0 aliphatic carbocycles. The van der Waals surface area contributed by atoms with Crippen molar-refractivity contribution in [3.63, 3.8) is 0 Å². The molecule has 3 heterocycles. The van der Waals surface area contributed by atoms with Crippen molar-refractivity contribution >= 4 is 11.6 Å². The second kappa shape index (κ2) is 7.86. The van der Waals surface area contributed by atoms with Crippen LogP contribution >= 0.6 is 0 Å². The van der Waals surface area contributed by atoms with Gasteiger partial charge in [0.25, 0.3) is 5.91 Å². The van der Waals surface area contributed by atoms with Gasteiger partial charge in [-0.15, -0.1) is 0 Å². The fourth-order valence-corrected chi connectivity index (χ4v) is 5.42. The maximum absolute atomic E-state index is 14.4. The number of para-hydroxylation sites is 1. The highest BCUT2D eigenvalue weighted by atomic mass is 19.1. The van der Waals surface area contributed by atoms with Crippen molar-refractivity contribution in [1.29, 1.82) is 0 Å². The number of halogens is 1. The molecule has 3 aliphatic heterocycles. The van der Waals surface area contributed by atoms with Gasteiger partial charge in [-0.2, -0.15) is 0 Å². The van der Waals surface area contributed by atoms with Crippen molar-refractivity contribution < 1.29 is 23.8 Å². The Kier molecular flexibility index (Phi) is 4.81. The first-order valence-electron chi connectivity index (χ1n) is 11.1. The summed E-state index contributed by atoms with van der Waals surface area (Å²) in [4.78, 5) is 17.3. The van der Waals surface area contributed by atoms with Gasteiger partial charge < -0.3 is 19.5 Å². The second-order valence-corrected chi connectivity index (χ2v) is 8.66. The van der Waals surface area contributed by atoms with Crippen LogP contribution in [-0.4, -0.2) is 47.9 Å². The van der Waals surface area contributed by atoms with E-state index in [2.05, 4.69) is 4.90 Å². The Bertz CT molecular complexity index is 1230. The Morgan fingerprint density at radius 2 is 1.82 bits per heavy atom. The molecule has 33 heavy (non-hydrogen) atoms. The topological polar surface area (TPSA) is 62.2 Å². The summed E-state index contributed by atoms with van der Waals surface area (Å²) in [6.45, 7) is 1.26. The lowest BCUT2D eigenvalue weighted by Crippen LogP contribution is -2.68. The number of ether oxygens (including phenoxy) is 2. The first kappa shape index (κ1) is 20.2. The number of fused-ring (bicyclic) bond motifs is 4. The Hall–Kier alpha value is -3.42. The van der Waals surface area contributed by atoms with Crippen LogP contribution in [0, 0.1) is 5.82 Å². The van der Waals surface area contributed by atoms with Crippen molar-refractivity contribution in [2.24, 2.45) is 0 Å². The maximum atomic E-state index is 14.4. The van der Waals surface area contributed by atoms with Crippen molar-refractivity contribution in [2.75, 3.05) is 24.8 Å². The zero-order valence-corrected chi connectivity index (χ0v) is 17.9. The lowest BCUT2D eigenvalue weighted by atomic mass is 9.71. The van der Waals surface area contributed by atoms with E-state index in [4.69, 9.17) is 9.47 Å². The molecule has 0 radical (unpaired) electrons. The van der Waals surface area contributed by atoms with Crippen LogP contribution in [0.4, 0.5) is 10.1 Å². The molecular formula is C26H23FN2O4. The molecule has 3 aromatic rings. The number of nitrogens with zero attached hydrogens (tertiary/aromatic N) is 2. The van der Waals surface area contributed by atoms with Gasteiger partial charge in [-0.05, 0) is 41.5 Å². The number of benzene rings is 3. The molecule has 3 aromatic carbocycles. The van der Waals surface area contributed by atoms with Crippen molar-refractivity contribution in [1.82, 2.24) is 4.90 Å². The third-order valence-corrected chi connectivity index (χ3v) is 6.98. The first-order chi connectivity index (χ1) is 16.2. The Morgan fingerprint density at radius 3 is 2.67 bits per heavy atom. The molecular weight excluding hydrogens is 423 g/mol. The second-order valence-electron chi connectivity index (χ2n) is 8.66. The quantitative estimate of drug-likeness (QED) is 0.664. The van der Waals surface area contributed by atoms with Crippen LogP contribution < -0.4 is 14.4 Å². The number of amides is 1. The summed E-state index contributed by atoms with van der Waals surface area (Å²) in [5.74, 6) is 0.670. The van der Waals surface area contributed by atoms with Crippen LogP contribution in [0.3, 0.4) is 0 Å². The zero-order chi connectivity index (χ0) is 22.5. The van der Waals surface area contributed by atoms with Gasteiger partial charge in [0.15, 0.2) is 11.5 Å². The fraction of sp³-hybridized carbons (Fsp3) is 0.269. The third kappa shape index (κ3) is 3.19. The summed E-state index contributed by atoms with van der Waals surface area (Å²) in [7, 11) is 0. The molecule has 1 fully saturated rings. The van der Waals surface area contributed by atoms with E-state index in [9.17, 15) is 14.3 Å². The normalized spacial score (nSPS) is 23.0. The minimum Gasteiger partial charge on any atom is -0.454 e. The third-order valence-electron chi connectivity index (χ3n) is 6.98. The van der Waals surface area contributed by atoms with E-state index in [1.54, 1.807) is 17.0 Å². The SMILES string of the molecule is O=C(c1ccccc1F)N1C[C@@H]2[C@H](c3ccccc31)[C@H](CO)N2Cc1ccc2c(c1)OCO2. The number of likely N-dealkylation sites (tertiary alicyclic amines) is 1. The minimum absolute atomic E-state index is 0.0122. The number of carbonyl (C=O) groups is 1. The highest BCUT2D eigenvalue weighted by Crippen LogP contribution is 2.49. The molecule has 0 spiro atoms. The summed E-state index contributed by atoms with van der Waals surface area (Å²) in [5, 5.41) is 10.2. The van der Waals surface area contributed by atoms with E-state index in [0.717, 1.165) is 28.3 Å². The highest BCUT2D eigenvalue weighted by molar-refractivity contribution is 6.07. The molecule has 6 nitrogen and oxygen atoms in total.